The molecule has 1 amide bonds. The maximum Gasteiger partial charge on any atom is 0.322 e. The molecule has 0 spiro atoms. The molecule has 1 saturated heterocycles. The number of rotatable bonds is 4. The third kappa shape index (κ3) is 3.27. The van der Waals surface area contributed by atoms with Crippen LogP contribution < -0.4 is 11.1 Å². The van der Waals surface area contributed by atoms with E-state index >= 15 is 0 Å². The number of carbonyl (C=O) groups is 1. The molecule has 18 heavy (non-hydrogen) atoms. The molecule has 1 aliphatic heterocycles. The van der Waals surface area contributed by atoms with Gasteiger partial charge in [0, 0.05) is 25.0 Å². The molecule has 0 aromatic carbocycles. The fourth-order valence-electron chi connectivity index (χ4n) is 1.89. The molecule has 1 fully saturated rings. The number of nitrogens with one attached hydrogen (secondary N) is 1. The van der Waals surface area contributed by atoms with E-state index < -0.39 is 0 Å². The first-order valence-corrected chi connectivity index (χ1v) is 6.16. The summed E-state index contributed by atoms with van der Waals surface area (Å²) in [6, 6.07) is 0.334. The summed E-state index contributed by atoms with van der Waals surface area (Å²) in [6.07, 6.45) is 0.936. The van der Waals surface area contributed by atoms with Gasteiger partial charge < -0.3 is 10.2 Å². The van der Waals surface area contributed by atoms with Gasteiger partial charge in [-0.1, -0.05) is 18.9 Å². The molecule has 7 nitrogen and oxygen atoms in total. The minimum Gasteiger partial charge on any atom is -0.408 e. The molecule has 3 N–H and O–H groups in total. The molecule has 0 unspecified atom stereocenters. The number of nitrogens with zero attached hydrogens (tertiary/aromatic N) is 3. The molecule has 0 bridgehead atoms. The third-order valence-electron chi connectivity index (χ3n) is 2.86. The lowest BCUT2D eigenvalue weighted by atomic mass is 10.2. The first-order chi connectivity index (χ1) is 8.54. The average molecular weight is 253 g/mol. The monoisotopic (exact) mass is 253 g/mol. The van der Waals surface area contributed by atoms with E-state index in [-0.39, 0.29) is 23.9 Å². The number of likely N-dealkylation sites (tertiary alicyclic amines) is 1. The molecule has 0 saturated carbocycles. The SMILES string of the molecule is CC(C)c1nnc(NC(=O)CN2CC[C@@H](N)C2)o1. The predicted octanol–water partition coefficient (Wildman–Crippen LogP) is 0.165. The summed E-state index contributed by atoms with van der Waals surface area (Å²) < 4.78 is 5.30. The van der Waals surface area contributed by atoms with E-state index in [1.165, 1.54) is 0 Å². The summed E-state index contributed by atoms with van der Waals surface area (Å²) >= 11 is 0. The average Bonchev–Trinajstić information content (AvgIpc) is 2.88. The Balaban J connectivity index is 1.83. The Bertz CT molecular complexity index is 417. The van der Waals surface area contributed by atoms with Crippen LogP contribution in [0.1, 0.15) is 32.1 Å². The Morgan fingerprint density at radius 1 is 1.61 bits per heavy atom. The van der Waals surface area contributed by atoms with E-state index in [1.54, 1.807) is 0 Å². The summed E-state index contributed by atoms with van der Waals surface area (Å²) in [7, 11) is 0. The Morgan fingerprint density at radius 3 is 2.94 bits per heavy atom. The molecule has 1 aromatic heterocycles. The summed E-state index contributed by atoms with van der Waals surface area (Å²) in [4.78, 5) is 13.7. The zero-order valence-electron chi connectivity index (χ0n) is 10.7. The van der Waals surface area contributed by atoms with Crippen LogP contribution in [0.25, 0.3) is 0 Å². The Kier molecular flexibility index (Phi) is 3.93. The van der Waals surface area contributed by atoms with Gasteiger partial charge in [0.05, 0.1) is 6.54 Å². The zero-order valence-corrected chi connectivity index (χ0v) is 10.7. The molecular weight excluding hydrogens is 234 g/mol. The van der Waals surface area contributed by atoms with Gasteiger partial charge in [-0.2, -0.15) is 0 Å². The third-order valence-corrected chi connectivity index (χ3v) is 2.86. The number of hydrogen-bond acceptors (Lipinski definition) is 6. The van der Waals surface area contributed by atoms with Crippen molar-refractivity contribution in [1.82, 2.24) is 15.1 Å². The van der Waals surface area contributed by atoms with Crippen LogP contribution in [0.4, 0.5) is 6.01 Å². The van der Waals surface area contributed by atoms with Crippen LogP contribution in [0.5, 0.6) is 0 Å². The van der Waals surface area contributed by atoms with Crippen LogP contribution >= 0.6 is 0 Å². The molecule has 2 rings (SSSR count). The Morgan fingerprint density at radius 2 is 2.39 bits per heavy atom. The predicted molar refractivity (Wildman–Crippen MR) is 66.0 cm³/mol. The van der Waals surface area contributed by atoms with E-state index in [4.69, 9.17) is 10.2 Å². The number of carbonyl (C=O) groups excluding carboxylic acids is 1. The molecule has 2 heterocycles. The summed E-state index contributed by atoms with van der Waals surface area (Å²) in [5.41, 5.74) is 5.78. The molecule has 1 aromatic rings. The first kappa shape index (κ1) is 13.0. The minimum atomic E-state index is -0.150. The highest BCUT2D eigenvalue weighted by Crippen LogP contribution is 2.14. The van der Waals surface area contributed by atoms with Crippen molar-refractivity contribution in [3.05, 3.63) is 5.89 Å². The van der Waals surface area contributed by atoms with Crippen molar-refractivity contribution in [2.75, 3.05) is 25.0 Å². The molecule has 0 aliphatic carbocycles. The number of hydrogen-bond donors (Lipinski definition) is 2. The summed E-state index contributed by atoms with van der Waals surface area (Å²) in [5.74, 6) is 0.524. The van der Waals surface area contributed by atoms with Crippen LogP contribution in [0.15, 0.2) is 4.42 Å². The second-order valence-electron chi connectivity index (χ2n) is 4.93. The van der Waals surface area contributed by atoms with E-state index in [9.17, 15) is 4.79 Å². The maximum atomic E-state index is 11.7. The van der Waals surface area contributed by atoms with Crippen molar-refractivity contribution in [2.45, 2.75) is 32.2 Å². The highest BCUT2D eigenvalue weighted by molar-refractivity contribution is 5.90. The molecule has 7 heteroatoms. The van der Waals surface area contributed by atoms with Crippen molar-refractivity contribution in [2.24, 2.45) is 5.73 Å². The van der Waals surface area contributed by atoms with Crippen LogP contribution in [0.2, 0.25) is 0 Å². The lowest BCUT2D eigenvalue weighted by Crippen LogP contribution is -2.33. The van der Waals surface area contributed by atoms with Gasteiger partial charge in [-0.05, 0) is 6.42 Å². The van der Waals surface area contributed by atoms with Crippen LogP contribution in [-0.2, 0) is 4.79 Å². The fraction of sp³-hybridized carbons (Fsp3) is 0.727. The van der Waals surface area contributed by atoms with Crippen LogP contribution in [0.3, 0.4) is 0 Å². The number of nitrogens with two attached hydrogens (primary N) is 1. The van der Waals surface area contributed by atoms with Gasteiger partial charge in [0.1, 0.15) is 0 Å². The number of aromatic nitrogens is 2. The first-order valence-electron chi connectivity index (χ1n) is 6.16. The van der Waals surface area contributed by atoms with Crippen LogP contribution in [-0.4, -0.2) is 46.7 Å². The van der Waals surface area contributed by atoms with Gasteiger partial charge in [-0.3, -0.25) is 15.0 Å². The molecular formula is C11H19N5O2. The largest absolute Gasteiger partial charge is 0.408 e. The molecule has 1 atom stereocenters. The second-order valence-corrected chi connectivity index (χ2v) is 4.93. The highest BCUT2D eigenvalue weighted by Gasteiger charge is 2.21. The van der Waals surface area contributed by atoms with E-state index in [2.05, 4.69) is 15.5 Å². The van der Waals surface area contributed by atoms with E-state index in [0.29, 0.717) is 12.4 Å². The molecule has 100 valence electrons. The minimum absolute atomic E-state index is 0.150. The van der Waals surface area contributed by atoms with Crippen molar-refractivity contribution >= 4 is 11.9 Å². The fourth-order valence-corrected chi connectivity index (χ4v) is 1.89. The summed E-state index contributed by atoms with van der Waals surface area (Å²) in [6.45, 7) is 5.83. The lowest BCUT2D eigenvalue weighted by Gasteiger charge is -2.13. The van der Waals surface area contributed by atoms with E-state index in [0.717, 1.165) is 19.5 Å². The Hall–Kier alpha value is -1.47. The normalized spacial score (nSPS) is 20.6. The highest BCUT2D eigenvalue weighted by atomic mass is 16.4. The summed E-state index contributed by atoms with van der Waals surface area (Å²) in [5, 5.41) is 10.2. The second kappa shape index (κ2) is 5.45. The maximum absolute atomic E-state index is 11.7. The van der Waals surface area contributed by atoms with Gasteiger partial charge >= 0.3 is 6.01 Å². The zero-order chi connectivity index (χ0) is 13.1. The van der Waals surface area contributed by atoms with Crippen molar-refractivity contribution in [3.63, 3.8) is 0 Å². The van der Waals surface area contributed by atoms with Gasteiger partial charge in [0.25, 0.3) is 0 Å². The molecule has 1 aliphatic rings. The van der Waals surface area contributed by atoms with Gasteiger partial charge in [0.15, 0.2) is 0 Å². The quantitative estimate of drug-likeness (QED) is 0.793. The van der Waals surface area contributed by atoms with E-state index in [1.807, 2.05) is 18.7 Å². The standard InChI is InChI=1S/C11H19N5O2/c1-7(2)10-14-15-11(18-10)13-9(17)6-16-4-3-8(12)5-16/h7-8H,3-6,12H2,1-2H3,(H,13,15,17)/t8-/m1/s1. The number of anilines is 1. The van der Waals surface area contributed by atoms with Crippen molar-refractivity contribution < 1.29 is 9.21 Å². The van der Waals surface area contributed by atoms with Crippen molar-refractivity contribution in [3.8, 4) is 0 Å². The Labute approximate surface area is 106 Å². The van der Waals surface area contributed by atoms with Gasteiger partial charge in [-0.15, -0.1) is 5.10 Å². The van der Waals surface area contributed by atoms with Crippen molar-refractivity contribution in [1.29, 1.82) is 0 Å². The van der Waals surface area contributed by atoms with Gasteiger partial charge in [-0.25, -0.2) is 0 Å². The van der Waals surface area contributed by atoms with Gasteiger partial charge in [0.2, 0.25) is 11.8 Å². The molecule has 0 radical (unpaired) electrons. The smallest absolute Gasteiger partial charge is 0.322 e. The van der Waals surface area contributed by atoms with Crippen LogP contribution in [0, 0.1) is 0 Å². The lowest BCUT2D eigenvalue weighted by molar-refractivity contribution is -0.117. The number of amides is 1. The topological polar surface area (TPSA) is 97.3 Å².